The van der Waals surface area contributed by atoms with E-state index in [9.17, 15) is 9.59 Å². The van der Waals surface area contributed by atoms with Crippen LogP contribution in [0.3, 0.4) is 0 Å². The van der Waals surface area contributed by atoms with Crippen molar-refractivity contribution in [3.8, 4) is 0 Å². The highest BCUT2D eigenvalue weighted by atomic mass is 16.5. The number of hydrogen-bond donors (Lipinski definition) is 1. The fraction of sp³-hybridized carbons (Fsp3) is 0.750. The van der Waals surface area contributed by atoms with Crippen molar-refractivity contribution in [1.82, 2.24) is 5.32 Å². The molecule has 1 fully saturated rings. The Hall–Kier alpha value is -1.10. The van der Waals surface area contributed by atoms with Crippen molar-refractivity contribution in [2.45, 2.75) is 25.0 Å². The predicted octanol–water partition coefficient (Wildman–Crippen LogP) is -0.547. The van der Waals surface area contributed by atoms with Crippen LogP contribution in [0.1, 0.15) is 12.8 Å². The molecular weight excluding hydrogens is 174 g/mol. The van der Waals surface area contributed by atoms with Gasteiger partial charge in [-0.05, 0) is 12.8 Å². The molecule has 0 aliphatic heterocycles. The summed E-state index contributed by atoms with van der Waals surface area (Å²) in [4.78, 5) is 21.7. The fourth-order valence-corrected chi connectivity index (χ4v) is 1.24. The van der Waals surface area contributed by atoms with E-state index in [-0.39, 0.29) is 12.1 Å². The molecule has 0 heterocycles. The van der Waals surface area contributed by atoms with Gasteiger partial charge in [0.05, 0.1) is 19.3 Å². The summed E-state index contributed by atoms with van der Waals surface area (Å²) < 4.78 is 9.30. The van der Waals surface area contributed by atoms with Gasteiger partial charge in [0.25, 0.3) is 0 Å². The zero-order chi connectivity index (χ0) is 9.84. The van der Waals surface area contributed by atoms with E-state index in [1.165, 1.54) is 7.11 Å². The van der Waals surface area contributed by atoms with E-state index >= 15 is 0 Å². The maximum atomic E-state index is 11.0. The quantitative estimate of drug-likeness (QED) is 0.465. The molecule has 0 saturated heterocycles. The number of rotatable bonds is 2. The third-order valence-electron chi connectivity index (χ3n) is 2.20. The van der Waals surface area contributed by atoms with Crippen LogP contribution in [0, 0.1) is 0 Å². The standard InChI is InChI=1S/C8H13NO4/c1-12-6-4-3-5(6)9-7(10)8(11)13-2/h5-6H,3-4H2,1-2H3,(H,9,10). The maximum Gasteiger partial charge on any atom is 0.396 e. The molecule has 1 aliphatic carbocycles. The summed E-state index contributed by atoms with van der Waals surface area (Å²) in [6, 6.07) is -0.0448. The van der Waals surface area contributed by atoms with Gasteiger partial charge in [0.15, 0.2) is 0 Å². The van der Waals surface area contributed by atoms with Crippen LogP contribution >= 0.6 is 0 Å². The van der Waals surface area contributed by atoms with Gasteiger partial charge in [-0.25, -0.2) is 4.79 Å². The van der Waals surface area contributed by atoms with Crippen molar-refractivity contribution < 1.29 is 19.1 Å². The lowest BCUT2D eigenvalue weighted by atomic mass is 9.89. The molecule has 5 nitrogen and oxygen atoms in total. The summed E-state index contributed by atoms with van der Waals surface area (Å²) in [5, 5.41) is 2.53. The number of methoxy groups -OCH3 is 2. The van der Waals surface area contributed by atoms with Crippen molar-refractivity contribution in [1.29, 1.82) is 0 Å². The highest BCUT2D eigenvalue weighted by Gasteiger charge is 2.33. The lowest BCUT2D eigenvalue weighted by molar-refractivity contribution is -0.154. The molecular formula is C8H13NO4. The highest BCUT2D eigenvalue weighted by molar-refractivity contribution is 6.32. The molecule has 0 bridgehead atoms. The van der Waals surface area contributed by atoms with Gasteiger partial charge in [0.1, 0.15) is 0 Å². The molecule has 5 heteroatoms. The normalized spacial score (nSPS) is 26.0. The first-order chi connectivity index (χ1) is 6.19. The average Bonchev–Trinajstić information content (AvgIpc) is 2.11. The van der Waals surface area contributed by atoms with Crippen molar-refractivity contribution in [3.63, 3.8) is 0 Å². The van der Waals surface area contributed by atoms with Crippen LogP contribution in [0.15, 0.2) is 0 Å². The zero-order valence-corrected chi connectivity index (χ0v) is 7.70. The number of esters is 1. The second kappa shape index (κ2) is 4.23. The highest BCUT2D eigenvalue weighted by Crippen LogP contribution is 2.22. The first kappa shape index (κ1) is 9.98. The molecule has 2 atom stereocenters. The van der Waals surface area contributed by atoms with Crippen LogP contribution in [0.5, 0.6) is 0 Å². The fourth-order valence-electron chi connectivity index (χ4n) is 1.24. The van der Waals surface area contributed by atoms with Crippen LogP contribution in [-0.4, -0.2) is 38.2 Å². The minimum absolute atomic E-state index is 0.0357. The van der Waals surface area contributed by atoms with Gasteiger partial charge in [-0.1, -0.05) is 0 Å². The number of hydrogen-bond acceptors (Lipinski definition) is 4. The lowest BCUT2D eigenvalue weighted by Gasteiger charge is -2.35. The van der Waals surface area contributed by atoms with Crippen LogP contribution in [0.2, 0.25) is 0 Å². The topological polar surface area (TPSA) is 64.6 Å². The van der Waals surface area contributed by atoms with Crippen molar-refractivity contribution >= 4 is 11.9 Å². The van der Waals surface area contributed by atoms with Crippen LogP contribution in [0.25, 0.3) is 0 Å². The molecule has 0 radical (unpaired) electrons. The smallest absolute Gasteiger partial charge is 0.396 e. The van der Waals surface area contributed by atoms with Crippen LogP contribution in [0.4, 0.5) is 0 Å². The summed E-state index contributed by atoms with van der Waals surface area (Å²) in [7, 11) is 2.76. The Labute approximate surface area is 76.4 Å². The van der Waals surface area contributed by atoms with E-state index < -0.39 is 11.9 Å². The molecule has 0 aromatic rings. The first-order valence-electron chi connectivity index (χ1n) is 4.10. The summed E-state index contributed by atoms with van der Waals surface area (Å²) in [6.07, 6.45) is 1.80. The van der Waals surface area contributed by atoms with Gasteiger partial charge < -0.3 is 14.8 Å². The summed E-state index contributed by atoms with van der Waals surface area (Å²) in [5.74, 6) is -1.56. The Kier molecular flexibility index (Phi) is 3.25. The molecule has 2 unspecified atom stereocenters. The third-order valence-corrected chi connectivity index (χ3v) is 2.20. The Morgan fingerprint density at radius 3 is 2.38 bits per heavy atom. The number of nitrogens with one attached hydrogen (secondary N) is 1. The summed E-state index contributed by atoms with van der Waals surface area (Å²) >= 11 is 0. The van der Waals surface area contributed by atoms with Gasteiger partial charge >= 0.3 is 11.9 Å². The molecule has 0 aromatic carbocycles. The number of carbonyl (C=O) groups is 2. The maximum absolute atomic E-state index is 11.0. The third kappa shape index (κ3) is 2.18. The van der Waals surface area contributed by atoms with E-state index in [4.69, 9.17) is 4.74 Å². The summed E-state index contributed by atoms with van der Waals surface area (Å²) in [5.41, 5.74) is 0. The molecule has 74 valence electrons. The Balaban J connectivity index is 2.32. The molecule has 13 heavy (non-hydrogen) atoms. The van der Waals surface area contributed by atoms with Crippen LogP contribution < -0.4 is 5.32 Å². The molecule has 1 aliphatic rings. The predicted molar refractivity (Wildman–Crippen MR) is 44.0 cm³/mol. The van der Waals surface area contributed by atoms with Crippen molar-refractivity contribution in [3.05, 3.63) is 0 Å². The molecule has 0 spiro atoms. The van der Waals surface area contributed by atoms with Gasteiger partial charge in [0, 0.05) is 7.11 Å². The summed E-state index contributed by atoms with van der Waals surface area (Å²) in [6.45, 7) is 0. The molecule has 1 N–H and O–H groups in total. The van der Waals surface area contributed by atoms with E-state index in [2.05, 4.69) is 10.1 Å². The number of ether oxygens (including phenoxy) is 2. The Bertz CT molecular complexity index is 214. The molecule has 0 aromatic heterocycles. The van der Waals surface area contributed by atoms with E-state index in [1.807, 2.05) is 0 Å². The number of amides is 1. The van der Waals surface area contributed by atoms with E-state index in [1.54, 1.807) is 7.11 Å². The zero-order valence-electron chi connectivity index (χ0n) is 7.70. The Morgan fingerprint density at radius 1 is 1.31 bits per heavy atom. The number of carbonyl (C=O) groups excluding carboxylic acids is 2. The van der Waals surface area contributed by atoms with Gasteiger partial charge in [-0.15, -0.1) is 0 Å². The average molecular weight is 187 g/mol. The first-order valence-corrected chi connectivity index (χ1v) is 4.10. The second-order valence-electron chi connectivity index (χ2n) is 2.92. The molecule has 1 amide bonds. The SMILES string of the molecule is COC(=O)C(=O)NC1CCC1OC. The van der Waals surface area contributed by atoms with E-state index in [0.29, 0.717) is 0 Å². The van der Waals surface area contributed by atoms with Gasteiger partial charge in [0.2, 0.25) is 0 Å². The largest absolute Gasteiger partial charge is 0.462 e. The van der Waals surface area contributed by atoms with Gasteiger partial charge in [-0.3, -0.25) is 4.79 Å². The Morgan fingerprint density at radius 2 is 2.00 bits per heavy atom. The van der Waals surface area contributed by atoms with Crippen molar-refractivity contribution in [2.24, 2.45) is 0 Å². The van der Waals surface area contributed by atoms with Crippen LogP contribution in [-0.2, 0) is 19.1 Å². The minimum Gasteiger partial charge on any atom is -0.462 e. The molecule has 1 saturated carbocycles. The van der Waals surface area contributed by atoms with Crippen molar-refractivity contribution in [2.75, 3.05) is 14.2 Å². The molecule has 1 rings (SSSR count). The monoisotopic (exact) mass is 187 g/mol. The van der Waals surface area contributed by atoms with E-state index in [0.717, 1.165) is 12.8 Å². The second-order valence-corrected chi connectivity index (χ2v) is 2.92. The lowest BCUT2D eigenvalue weighted by Crippen LogP contribution is -2.52. The minimum atomic E-state index is -0.859. The van der Waals surface area contributed by atoms with Gasteiger partial charge in [-0.2, -0.15) is 0 Å².